The summed E-state index contributed by atoms with van der Waals surface area (Å²) in [6.45, 7) is 0.858. The first-order chi connectivity index (χ1) is 15.0. The van der Waals surface area contributed by atoms with E-state index in [9.17, 15) is 9.59 Å². The van der Waals surface area contributed by atoms with Gasteiger partial charge in [0.1, 0.15) is 0 Å². The van der Waals surface area contributed by atoms with Crippen molar-refractivity contribution in [1.82, 2.24) is 15.2 Å². The fraction of sp³-hybridized carbons (Fsp3) is 0.609. The lowest BCUT2D eigenvalue weighted by Crippen LogP contribution is -2.48. The Kier molecular flexibility index (Phi) is 9.21. The summed E-state index contributed by atoms with van der Waals surface area (Å²) in [6, 6.07) is 9.91. The molecule has 1 aromatic rings. The zero-order valence-electron chi connectivity index (χ0n) is 18.6. The van der Waals surface area contributed by atoms with Gasteiger partial charge in [-0.25, -0.2) is 4.79 Å². The molecule has 1 aliphatic heterocycles. The van der Waals surface area contributed by atoms with Crippen LogP contribution in [0, 0.1) is 0 Å². The minimum absolute atomic E-state index is 0.110. The summed E-state index contributed by atoms with van der Waals surface area (Å²) in [5, 5.41) is 9.02. The Labute approximate surface area is 189 Å². The first-order valence-corrected chi connectivity index (χ1v) is 12.2. The number of thioether (sulfide) groups is 1. The minimum Gasteiger partial charge on any atom is -0.438 e. The van der Waals surface area contributed by atoms with Crippen LogP contribution in [0.1, 0.15) is 50.5 Å². The molecule has 0 bridgehead atoms. The molecule has 0 aromatic heterocycles. The average molecular weight is 447 g/mol. The summed E-state index contributed by atoms with van der Waals surface area (Å²) in [6.07, 6.45) is 6.32. The molecule has 170 valence electrons. The van der Waals surface area contributed by atoms with Crippen molar-refractivity contribution < 1.29 is 14.3 Å². The Morgan fingerprint density at radius 2 is 1.94 bits per heavy atom. The molecule has 1 fully saturated rings. The van der Waals surface area contributed by atoms with Crippen LogP contribution in [0.5, 0.6) is 0 Å². The van der Waals surface area contributed by atoms with E-state index in [1.807, 2.05) is 32.3 Å². The summed E-state index contributed by atoms with van der Waals surface area (Å²) < 4.78 is 5.84. The fourth-order valence-corrected chi connectivity index (χ4v) is 4.70. The topological polar surface area (TPSA) is 74.2 Å². The van der Waals surface area contributed by atoms with Gasteiger partial charge < -0.3 is 15.0 Å². The monoisotopic (exact) mass is 446 g/mol. The number of ketones is 1. The van der Waals surface area contributed by atoms with Crippen LogP contribution in [0.3, 0.4) is 0 Å². The predicted octanol–water partition coefficient (Wildman–Crippen LogP) is 3.84. The third-order valence-corrected chi connectivity index (χ3v) is 6.35. The molecular formula is C23H34N4O3S. The Balaban J connectivity index is 1.57. The van der Waals surface area contributed by atoms with Gasteiger partial charge in [-0.1, -0.05) is 61.4 Å². The first kappa shape index (κ1) is 23.6. The second-order valence-electron chi connectivity index (χ2n) is 8.42. The number of carbonyl (C=O) groups excluding carboxylic acids is 2. The molecule has 1 heterocycles. The van der Waals surface area contributed by atoms with E-state index in [0.717, 1.165) is 44.4 Å². The highest BCUT2D eigenvalue weighted by atomic mass is 32.2. The molecule has 0 radical (unpaired) electrons. The number of hydrogen-bond donors (Lipinski definition) is 1. The lowest BCUT2D eigenvalue weighted by atomic mass is 9.96. The molecule has 2 amide bonds. The zero-order valence-corrected chi connectivity index (χ0v) is 19.4. The largest absolute Gasteiger partial charge is 0.438 e. The van der Waals surface area contributed by atoms with Gasteiger partial charge in [-0.3, -0.25) is 4.79 Å². The van der Waals surface area contributed by atoms with Crippen molar-refractivity contribution in [2.75, 3.05) is 26.4 Å². The Hall–Kier alpha value is -2.06. The van der Waals surface area contributed by atoms with Crippen LogP contribution in [0.25, 0.3) is 0 Å². The highest BCUT2D eigenvalue weighted by molar-refractivity contribution is 8.13. The molecule has 7 nitrogen and oxygen atoms in total. The standard InChI is InChI=1S/C23H34N4O3S/c1-26(2)16-17-31-23-25-27(22(29)24-19-13-7-4-8-14-19)21(30-23)20(28)15-9-12-18-10-5-3-6-11-18/h3,5-6,10-11,19,21H,4,7-9,12-17H2,1-2H3,(H,24,29). The van der Waals surface area contributed by atoms with Crippen molar-refractivity contribution in [2.45, 2.75) is 63.6 Å². The molecule has 1 unspecified atom stereocenters. The second kappa shape index (κ2) is 12.1. The molecule has 0 saturated heterocycles. The maximum atomic E-state index is 12.9. The quantitative estimate of drug-likeness (QED) is 0.624. The van der Waals surface area contributed by atoms with Crippen molar-refractivity contribution in [1.29, 1.82) is 0 Å². The van der Waals surface area contributed by atoms with Gasteiger partial charge in [-0.15, -0.1) is 5.10 Å². The number of benzene rings is 1. The van der Waals surface area contributed by atoms with E-state index in [1.54, 1.807) is 0 Å². The van der Waals surface area contributed by atoms with E-state index < -0.39 is 6.23 Å². The van der Waals surface area contributed by atoms with E-state index in [-0.39, 0.29) is 17.9 Å². The molecule has 0 spiro atoms. The van der Waals surface area contributed by atoms with Crippen LogP contribution in [-0.2, 0) is 16.0 Å². The smallest absolute Gasteiger partial charge is 0.341 e. The molecule has 1 aliphatic carbocycles. The number of Topliss-reactive ketones (excluding diaryl/α,β-unsaturated/α-hetero) is 1. The number of hydrogen-bond acceptors (Lipinski definition) is 6. The van der Waals surface area contributed by atoms with E-state index in [2.05, 4.69) is 27.5 Å². The number of nitrogens with one attached hydrogen (secondary N) is 1. The summed E-state index contributed by atoms with van der Waals surface area (Å²) in [7, 11) is 4.00. The summed E-state index contributed by atoms with van der Waals surface area (Å²) in [5.74, 6) is 0.667. The average Bonchev–Trinajstić information content (AvgIpc) is 3.19. The van der Waals surface area contributed by atoms with Gasteiger partial charge in [0.15, 0.2) is 5.78 Å². The van der Waals surface area contributed by atoms with Crippen molar-refractivity contribution in [3.63, 3.8) is 0 Å². The molecule has 31 heavy (non-hydrogen) atoms. The maximum absolute atomic E-state index is 12.9. The van der Waals surface area contributed by atoms with Gasteiger partial charge in [0.2, 0.25) is 0 Å². The number of ether oxygens (including phenoxy) is 1. The first-order valence-electron chi connectivity index (χ1n) is 11.2. The van der Waals surface area contributed by atoms with Crippen LogP contribution in [0.2, 0.25) is 0 Å². The third kappa shape index (κ3) is 7.54. The van der Waals surface area contributed by atoms with Crippen LogP contribution in [0.15, 0.2) is 35.4 Å². The van der Waals surface area contributed by atoms with Gasteiger partial charge in [-0.2, -0.15) is 5.01 Å². The molecule has 1 N–H and O–H groups in total. The lowest BCUT2D eigenvalue weighted by Gasteiger charge is -2.26. The van der Waals surface area contributed by atoms with Crippen LogP contribution >= 0.6 is 11.8 Å². The van der Waals surface area contributed by atoms with Crippen molar-refractivity contribution in [3.05, 3.63) is 35.9 Å². The van der Waals surface area contributed by atoms with Gasteiger partial charge in [-0.05, 0) is 45.3 Å². The molecule has 1 atom stereocenters. The molecule has 3 rings (SSSR count). The van der Waals surface area contributed by atoms with Gasteiger partial charge in [0, 0.05) is 24.8 Å². The molecular weight excluding hydrogens is 412 g/mol. The normalized spacial score (nSPS) is 19.3. The Morgan fingerprint density at radius 1 is 1.19 bits per heavy atom. The number of nitrogens with zero attached hydrogens (tertiary/aromatic N) is 3. The summed E-state index contributed by atoms with van der Waals surface area (Å²) in [4.78, 5) is 27.9. The highest BCUT2D eigenvalue weighted by Gasteiger charge is 2.38. The van der Waals surface area contributed by atoms with E-state index in [0.29, 0.717) is 18.1 Å². The molecule has 2 aliphatic rings. The van der Waals surface area contributed by atoms with E-state index in [4.69, 9.17) is 4.74 Å². The highest BCUT2D eigenvalue weighted by Crippen LogP contribution is 2.23. The van der Waals surface area contributed by atoms with Crippen molar-refractivity contribution in [2.24, 2.45) is 5.10 Å². The zero-order chi connectivity index (χ0) is 22.1. The SMILES string of the molecule is CN(C)CCSC1=NN(C(=O)NC2CCCCC2)C(C(=O)CCCc2ccccc2)O1. The van der Waals surface area contributed by atoms with E-state index >= 15 is 0 Å². The van der Waals surface area contributed by atoms with Crippen LogP contribution in [-0.4, -0.2) is 65.6 Å². The Bertz CT molecular complexity index is 750. The van der Waals surface area contributed by atoms with E-state index in [1.165, 1.54) is 28.8 Å². The van der Waals surface area contributed by atoms with Gasteiger partial charge in [0.25, 0.3) is 11.5 Å². The van der Waals surface area contributed by atoms with Gasteiger partial charge in [0.05, 0.1) is 0 Å². The summed E-state index contributed by atoms with van der Waals surface area (Å²) in [5.41, 5.74) is 1.20. The predicted molar refractivity (Wildman–Crippen MR) is 125 cm³/mol. The molecule has 1 saturated carbocycles. The number of rotatable bonds is 9. The molecule has 1 aromatic carbocycles. The lowest BCUT2D eigenvalue weighted by molar-refractivity contribution is -0.131. The maximum Gasteiger partial charge on any atom is 0.341 e. The number of hydrazone groups is 1. The number of urea groups is 1. The van der Waals surface area contributed by atoms with Gasteiger partial charge >= 0.3 is 6.03 Å². The number of aryl methyl sites for hydroxylation is 1. The summed E-state index contributed by atoms with van der Waals surface area (Å²) >= 11 is 1.43. The van der Waals surface area contributed by atoms with Crippen LogP contribution < -0.4 is 5.32 Å². The van der Waals surface area contributed by atoms with Crippen molar-refractivity contribution >= 4 is 28.8 Å². The van der Waals surface area contributed by atoms with Crippen LogP contribution in [0.4, 0.5) is 4.79 Å². The Morgan fingerprint density at radius 3 is 2.65 bits per heavy atom. The van der Waals surface area contributed by atoms with Crippen molar-refractivity contribution in [3.8, 4) is 0 Å². The minimum atomic E-state index is -0.971. The fourth-order valence-electron chi connectivity index (χ4n) is 3.76. The number of carbonyl (C=O) groups is 2. The second-order valence-corrected chi connectivity index (χ2v) is 9.47. The molecule has 8 heteroatoms. The third-order valence-electron chi connectivity index (χ3n) is 5.54. The number of amides is 2.